The number of aryl methyl sites for hydroxylation is 1. The predicted octanol–water partition coefficient (Wildman–Crippen LogP) is 3.12. The summed E-state index contributed by atoms with van der Waals surface area (Å²) in [6, 6.07) is 12.8. The van der Waals surface area contributed by atoms with Gasteiger partial charge in [-0.25, -0.2) is 0 Å². The number of hydrogen-bond donors (Lipinski definition) is 2. The van der Waals surface area contributed by atoms with Crippen LogP contribution in [0.25, 0.3) is 6.08 Å². The number of rotatable bonds is 5. The number of nitrogens with one attached hydrogen (secondary N) is 1. The molecule has 0 saturated carbocycles. The Morgan fingerprint density at radius 2 is 2.04 bits per heavy atom. The minimum Gasteiger partial charge on any atom is -0.449 e. The van der Waals surface area contributed by atoms with Crippen molar-refractivity contribution in [2.45, 2.75) is 20.8 Å². The lowest BCUT2D eigenvalue weighted by molar-refractivity contribution is -0.123. The quantitative estimate of drug-likeness (QED) is 0.617. The standard InChI is InChI=1S/C22H25N3O3/c1-14(2)12-24-21(26)13-25-18-8-7-17(23)11-19(18)28-20(22(25)27)10-16-6-4-5-15(3)9-16/h4-11,14H,12-13,23H2,1-3H3,(H,24,26)/b20-10+. The van der Waals surface area contributed by atoms with Gasteiger partial charge in [0.05, 0.1) is 5.69 Å². The highest BCUT2D eigenvalue weighted by atomic mass is 16.5. The van der Waals surface area contributed by atoms with E-state index >= 15 is 0 Å². The van der Waals surface area contributed by atoms with E-state index in [4.69, 9.17) is 10.5 Å². The molecule has 0 bridgehead atoms. The second-order valence-electron chi connectivity index (χ2n) is 7.34. The molecule has 2 aromatic carbocycles. The van der Waals surface area contributed by atoms with Crippen molar-refractivity contribution in [2.75, 3.05) is 23.7 Å². The third kappa shape index (κ3) is 4.52. The molecule has 0 atom stereocenters. The van der Waals surface area contributed by atoms with Gasteiger partial charge in [-0.1, -0.05) is 43.7 Å². The number of nitrogens with zero attached hydrogens (tertiary/aromatic N) is 1. The topological polar surface area (TPSA) is 84.7 Å². The number of carbonyl (C=O) groups is 2. The lowest BCUT2D eigenvalue weighted by atomic mass is 10.1. The summed E-state index contributed by atoms with van der Waals surface area (Å²) in [6.45, 7) is 6.48. The molecule has 1 aliphatic rings. The van der Waals surface area contributed by atoms with Crippen LogP contribution in [0.15, 0.2) is 48.2 Å². The fraction of sp³-hybridized carbons (Fsp3) is 0.273. The number of benzene rings is 2. The molecule has 0 aromatic heterocycles. The van der Waals surface area contributed by atoms with Gasteiger partial charge in [0.15, 0.2) is 11.5 Å². The maximum absolute atomic E-state index is 13.1. The van der Waals surface area contributed by atoms with E-state index in [2.05, 4.69) is 5.32 Å². The number of nitrogens with two attached hydrogens (primary N) is 1. The van der Waals surface area contributed by atoms with Crippen molar-refractivity contribution >= 4 is 29.3 Å². The van der Waals surface area contributed by atoms with E-state index in [1.54, 1.807) is 24.3 Å². The molecule has 0 saturated heterocycles. The van der Waals surface area contributed by atoms with Crippen LogP contribution in [-0.2, 0) is 9.59 Å². The first-order valence-corrected chi connectivity index (χ1v) is 9.28. The van der Waals surface area contributed by atoms with Crippen molar-refractivity contribution in [3.63, 3.8) is 0 Å². The molecule has 1 aliphatic heterocycles. The number of nitrogen functional groups attached to an aromatic ring is 1. The van der Waals surface area contributed by atoms with Gasteiger partial charge >= 0.3 is 0 Å². The zero-order valence-electron chi connectivity index (χ0n) is 16.4. The van der Waals surface area contributed by atoms with Crippen LogP contribution in [0.3, 0.4) is 0 Å². The minimum absolute atomic E-state index is 0.0863. The van der Waals surface area contributed by atoms with Gasteiger partial charge in [0.1, 0.15) is 6.54 Å². The Balaban J connectivity index is 1.93. The lowest BCUT2D eigenvalue weighted by Crippen LogP contribution is -2.44. The van der Waals surface area contributed by atoms with Crippen molar-refractivity contribution in [1.82, 2.24) is 5.32 Å². The van der Waals surface area contributed by atoms with E-state index in [-0.39, 0.29) is 24.1 Å². The maximum Gasteiger partial charge on any atom is 0.294 e. The molecule has 3 N–H and O–H groups in total. The Bertz CT molecular complexity index is 934. The first-order chi connectivity index (χ1) is 13.3. The van der Waals surface area contributed by atoms with Gasteiger partial charge in [-0.15, -0.1) is 0 Å². The first-order valence-electron chi connectivity index (χ1n) is 9.28. The summed E-state index contributed by atoms with van der Waals surface area (Å²) in [5.74, 6) is 0.351. The van der Waals surface area contributed by atoms with E-state index in [0.29, 0.717) is 29.6 Å². The zero-order chi connectivity index (χ0) is 20.3. The van der Waals surface area contributed by atoms with Gasteiger partial charge in [0.2, 0.25) is 5.91 Å². The maximum atomic E-state index is 13.1. The second kappa shape index (κ2) is 8.17. The van der Waals surface area contributed by atoms with Gasteiger partial charge in [-0.2, -0.15) is 0 Å². The number of fused-ring (bicyclic) bond motifs is 1. The van der Waals surface area contributed by atoms with Gasteiger partial charge in [-0.3, -0.25) is 14.5 Å². The van der Waals surface area contributed by atoms with Crippen LogP contribution < -0.4 is 20.7 Å². The monoisotopic (exact) mass is 379 g/mol. The molecule has 3 rings (SSSR count). The third-order valence-electron chi connectivity index (χ3n) is 4.30. The van der Waals surface area contributed by atoms with Gasteiger partial charge < -0.3 is 15.8 Å². The first kappa shape index (κ1) is 19.5. The molecule has 1 heterocycles. The average Bonchev–Trinajstić information content (AvgIpc) is 2.63. The molecular formula is C22H25N3O3. The van der Waals surface area contributed by atoms with Crippen molar-refractivity contribution in [3.8, 4) is 5.75 Å². The van der Waals surface area contributed by atoms with Crippen LogP contribution in [0.5, 0.6) is 5.75 Å². The van der Waals surface area contributed by atoms with Crippen molar-refractivity contribution < 1.29 is 14.3 Å². The summed E-state index contributed by atoms with van der Waals surface area (Å²) < 4.78 is 5.84. The van der Waals surface area contributed by atoms with Gasteiger partial charge in [-0.05, 0) is 36.6 Å². The molecular weight excluding hydrogens is 354 g/mol. The van der Waals surface area contributed by atoms with Gasteiger partial charge in [0.25, 0.3) is 5.91 Å². The van der Waals surface area contributed by atoms with E-state index in [1.165, 1.54) is 4.90 Å². The summed E-state index contributed by atoms with van der Waals surface area (Å²) in [5.41, 5.74) is 8.85. The van der Waals surface area contributed by atoms with Crippen LogP contribution in [0.1, 0.15) is 25.0 Å². The minimum atomic E-state index is -0.363. The Labute approximate surface area is 165 Å². The number of anilines is 2. The highest BCUT2D eigenvalue weighted by Crippen LogP contribution is 2.37. The fourth-order valence-electron chi connectivity index (χ4n) is 2.92. The van der Waals surface area contributed by atoms with Crippen LogP contribution >= 0.6 is 0 Å². The molecule has 0 radical (unpaired) electrons. The normalized spacial score (nSPS) is 14.8. The molecule has 28 heavy (non-hydrogen) atoms. The molecule has 0 spiro atoms. The molecule has 0 aliphatic carbocycles. The van der Waals surface area contributed by atoms with Crippen LogP contribution in [0.2, 0.25) is 0 Å². The molecule has 6 heteroatoms. The summed E-state index contributed by atoms with van der Waals surface area (Å²) in [6.07, 6.45) is 1.68. The second-order valence-corrected chi connectivity index (χ2v) is 7.34. The van der Waals surface area contributed by atoms with Crippen LogP contribution in [0.4, 0.5) is 11.4 Å². The predicted molar refractivity (Wildman–Crippen MR) is 111 cm³/mol. The van der Waals surface area contributed by atoms with E-state index in [9.17, 15) is 9.59 Å². The van der Waals surface area contributed by atoms with Crippen LogP contribution in [0, 0.1) is 12.8 Å². The smallest absolute Gasteiger partial charge is 0.294 e. The van der Waals surface area contributed by atoms with E-state index in [0.717, 1.165) is 11.1 Å². The Morgan fingerprint density at radius 1 is 1.25 bits per heavy atom. The number of carbonyl (C=O) groups excluding carboxylic acids is 2. The number of ether oxygens (including phenoxy) is 1. The van der Waals surface area contributed by atoms with Crippen molar-refractivity contribution in [1.29, 1.82) is 0 Å². The lowest BCUT2D eigenvalue weighted by Gasteiger charge is -2.30. The SMILES string of the molecule is Cc1cccc(/C=C2/Oc3cc(N)ccc3N(CC(=O)NCC(C)C)C2=O)c1. The van der Waals surface area contributed by atoms with E-state index < -0.39 is 0 Å². The van der Waals surface area contributed by atoms with E-state index in [1.807, 2.05) is 45.0 Å². The Kier molecular flexibility index (Phi) is 5.68. The molecule has 146 valence electrons. The van der Waals surface area contributed by atoms with Crippen molar-refractivity contribution in [2.24, 2.45) is 5.92 Å². The number of amides is 2. The van der Waals surface area contributed by atoms with Crippen LogP contribution in [-0.4, -0.2) is 24.9 Å². The highest BCUT2D eigenvalue weighted by Gasteiger charge is 2.31. The highest BCUT2D eigenvalue weighted by molar-refractivity contribution is 6.12. The molecule has 6 nitrogen and oxygen atoms in total. The zero-order valence-corrected chi connectivity index (χ0v) is 16.4. The molecule has 0 fully saturated rings. The largest absolute Gasteiger partial charge is 0.449 e. The summed E-state index contributed by atoms with van der Waals surface area (Å²) in [7, 11) is 0. The molecule has 2 aromatic rings. The Hall–Kier alpha value is -3.28. The Morgan fingerprint density at radius 3 is 2.75 bits per heavy atom. The summed E-state index contributed by atoms with van der Waals surface area (Å²) in [4.78, 5) is 26.8. The summed E-state index contributed by atoms with van der Waals surface area (Å²) >= 11 is 0. The molecule has 2 amide bonds. The van der Waals surface area contributed by atoms with Gasteiger partial charge in [0, 0.05) is 18.3 Å². The van der Waals surface area contributed by atoms with Crippen molar-refractivity contribution in [3.05, 3.63) is 59.4 Å². The fourth-order valence-corrected chi connectivity index (χ4v) is 2.92. The number of hydrogen-bond acceptors (Lipinski definition) is 4. The average molecular weight is 379 g/mol. The molecule has 0 unspecified atom stereocenters. The summed E-state index contributed by atoms with van der Waals surface area (Å²) in [5, 5.41) is 2.85. The third-order valence-corrected chi connectivity index (χ3v) is 4.30.